The lowest BCUT2D eigenvalue weighted by atomic mass is 10.1. The average Bonchev–Trinajstić information content (AvgIpc) is 2.33. The topological polar surface area (TPSA) is 93.1 Å². The van der Waals surface area contributed by atoms with E-state index in [9.17, 15) is 19.8 Å². The molecule has 92 valence electrons. The predicted molar refractivity (Wildman–Crippen MR) is 65.2 cm³/mol. The summed E-state index contributed by atoms with van der Waals surface area (Å²) in [6.07, 6.45) is 0. The molecule has 0 aliphatic rings. The summed E-state index contributed by atoms with van der Waals surface area (Å²) in [5.74, 6) is -2.58. The Morgan fingerprint density at radius 3 is 2.18 bits per heavy atom. The Labute approximate surface area is 110 Å². The lowest BCUT2D eigenvalue weighted by Crippen LogP contribution is -2.12. The molecule has 0 heterocycles. The maximum Gasteiger partial charge on any atom is 0.342 e. The summed E-state index contributed by atoms with van der Waals surface area (Å²) < 4.78 is 8.96. The zero-order chi connectivity index (χ0) is 13.2. The van der Waals surface area contributed by atoms with Crippen molar-refractivity contribution in [3.63, 3.8) is 0 Å². The van der Waals surface area contributed by atoms with E-state index in [0.717, 1.165) is 20.3 Å². The standard InChI is InChI=1S/C10H9IO6/c1-16-9(14)4-3-5(12)7(11)8(13)6(4)10(15)17-2/h3,12-13H,1-2H3. The lowest BCUT2D eigenvalue weighted by Gasteiger charge is -2.10. The number of ether oxygens (including phenoxy) is 2. The predicted octanol–water partition coefficient (Wildman–Crippen LogP) is 1.28. The second kappa shape index (κ2) is 5.21. The van der Waals surface area contributed by atoms with Crippen LogP contribution < -0.4 is 0 Å². The highest BCUT2D eigenvalue weighted by atomic mass is 127. The first-order valence-corrected chi connectivity index (χ1v) is 5.43. The summed E-state index contributed by atoms with van der Waals surface area (Å²) in [6.45, 7) is 0. The molecule has 0 aliphatic carbocycles. The molecule has 7 heteroatoms. The number of halogens is 1. The van der Waals surface area contributed by atoms with E-state index in [0.29, 0.717) is 0 Å². The van der Waals surface area contributed by atoms with E-state index in [4.69, 9.17) is 0 Å². The highest BCUT2D eigenvalue weighted by Gasteiger charge is 2.26. The molecule has 0 atom stereocenters. The number of hydrogen-bond acceptors (Lipinski definition) is 6. The van der Waals surface area contributed by atoms with Crippen LogP contribution in [0.4, 0.5) is 0 Å². The minimum atomic E-state index is -0.888. The molecular weight excluding hydrogens is 343 g/mol. The number of phenols is 2. The van der Waals surface area contributed by atoms with Crippen LogP contribution in [0.1, 0.15) is 20.7 Å². The van der Waals surface area contributed by atoms with E-state index in [1.54, 1.807) is 22.6 Å². The first-order chi connectivity index (χ1) is 7.93. The monoisotopic (exact) mass is 352 g/mol. The molecule has 1 aromatic carbocycles. The van der Waals surface area contributed by atoms with Gasteiger partial charge in [-0.05, 0) is 28.7 Å². The Balaban J connectivity index is 3.57. The molecule has 0 amide bonds. The number of hydrogen-bond donors (Lipinski definition) is 2. The van der Waals surface area contributed by atoms with E-state index in [2.05, 4.69) is 9.47 Å². The third-order valence-corrected chi connectivity index (χ3v) is 3.08. The van der Waals surface area contributed by atoms with Gasteiger partial charge in [0.1, 0.15) is 17.1 Å². The van der Waals surface area contributed by atoms with Gasteiger partial charge in [0.15, 0.2) is 0 Å². The molecule has 0 saturated heterocycles. The van der Waals surface area contributed by atoms with E-state index >= 15 is 0 Å². The number of benzene rings is 1. The molecule has 0 fully saturated rings. The summed E-state index contributed by atoms with van der Waals surface area (Å²) in [6, 6.07) is 1.04. The fourth-order valence-corrected chi connectivity index (χ4v) is 1.64. The molecule has 2 N–H and O–H groups in total. The average molecular weight is 352 g/mol. The largest absolute Gasteiger partial charge is 0.507 e. The van der Waals surface area contributed by atoms with Gasteiger partial charge in [0, 0.05) is 0 Å². The zero-order valence-electron chi connectivity index (χ0n) is 8.98. The molecule has 0 radical (unpaired) electrons. The third kappa shape index (κ3) is 2.43. The first-order valence-electron chi connectivity index (χ1n) is 4.35. The Hall–Kier alpha value is -1.51. The van der Waals surface area contributed by atoms with Gasteiger partial charge in [-0.2, -0.15) is 0 Å². The molecule has 0 aliphatic heterocycles. The number of rotatable bonds is 2. The van der Waals surface area contributed by atoms with Crippen molar-refractivity contribution in [3.05, 3.63) is 20.8 Å². The summed E-state index contributed by atoms with van der Waals surface area (Å²) in [5, 5.41) is 19.2. The Morgan fingerprint density at radius 1 is 1.18 bits per heavy atom. The highest BCUT2D eigenvalue weighted by Crippen LogP contribution is 2.35. The molecular formula is C10H9IO6. The van der Waals surface area contributed by atoms with Crippen molar-refractivity contribution >= 4 is 34.5 Å². The van der Waals surface area contributed by atoms with Crippen molar-refractivity contribution < 1.29 is 29.3 Å². The fraction of sp³-hybridized carbons (Fsp3) is 0.200. The Kier molecular flexibility index (Phi) is 4.16. The van der Waals surface area contributed by atoms with Crippen molar-refractivity contribution in [1.29, 1.82) is 0 Å². The van der Waals surface area contributed by atoms with E-state index in [1.165, 1.54) is 0 Å². The van der Waals surface area contributed by atoms with Crippen LogP contribution in [0.15, 0.2) is 6.07 Å². The van der Waals surface area contributed by atoms with E-state index < -0.39 is 17.7 Å². The van der Waals surface area contributed by atoms with Crippen molar-refractivity contribution in [2.24, 2.45) is 0 Å². The second-order valence-electron chi connectivity index (χ2n) is 2.96. The van der Waals surface area contributed by atoms with Gasteiger partial charge in [-0.15, -0.1) is 0 Å². The van der Waals surface area contributed by atoms with Gasteiger partial charge < -0.3 is 19.7 Å². The summed E-state index contributed by atoms with van der Waals surface area (Å²) >= 11 is 1.64. The molecule has 6 nitrogen and oxygen atoms in total. The van der Waals surface area contributed by atoms with Crippen LogP contribution in [-0.2, 0) is 9.47 Å². The van der Waals surface area contributed by atoms with Crippen LogP contribution >= 0.6 is 22.6 Å². The van der Waals surface area contributed by atoms with Gasteiger partial charge in [-0.25, -0.2) is 9.59 Å². The molecule has 1 aromatic rings. The summed E-state index contributed by atoms with van der Waals surface area (Å²) in [4.78, 5) is 22.9. The first kappa shape index (κ1) is 13.6. The molecule has 0 spiro atoms. The van der Waals surface area contributed by atoms with Crippen LogP contribution in [0.2, 0.25) is 0 Å². The molecule has 0 saturated carbocycles. The van der Waals surface area contributed by atoms with Gasteiger partial charge in [0.05, 0.1) is 23.4 Å². The maximum absolute atomic E-state index is 11.5. The van der Waals surface area contributed by atoms with Crippen LogP contribution in [0.5, 0.6) is 11.5 Å². The zero-order valence-corrected chi connectivity index (χ0v) is 11.1. The molecule has 0 unspecified atom stereocenters. The maximum atomic E-state index is 11.5. The van der Waals surface area contributed by atoms with Gasteiger partial charge in [-0.1, -0.05) is 0 Å². The lowest BCUT2D eigenvalue weighted by molar-refractivity contribution is 0.0551. The normalized spacial score (nSPS) is 9.82. The number of methoxy groups -OCH3 is 2. The SMILES string of the molecule is COC(=O)c1cc(O)c(I)c(O)c1C(=O)OC. The minimum absolute atomic E-state index is 0.0515. The van der Waals surface area contributed by atoms with Gasteiger partial charge >= 0.3 is 11.9 Å². The van der Waals surface area contributed by atoms with Crippen LogP contribution in [-0.4, -0.2) is 36.4 Å². The van der Waals surface area contributed by atoms with Crippen LogP contribution in [0, 0.1) is 3.57 Å². The number of esters is 2. The van der Waals surface area contributed by atoms with Gasteiger partial charge in [0.2, 0.25) is 0 Å². The van der Waals surface area contributed by atoms with Crippen molar-refractivity contribution in [1.82, 2.24) is 0 Å². The molecule has 1 rings (SSSR count). The van der Waals surface area contributed by atoms with E-state index in [1.807, 2.05) is 0 Å². The Morgan fingerprint density at radius 2 is 1.71 bits per heavy atom. The van der Waals surface area contributed by atoms with E-state index in [-0.39, 0.29) is 20.4 Å². The molecule has 0 bridgehead atoms. The third-order valence-electron chi connectivity index (χ3n) is 2.01. The fourth-order valence-electron chi connectivity index (χ4n) is 1.21. The van der Waals surface area contributed by atoms with Crippen LogP contribution in [0.25, 0.3) is 0 Å². The highest BCUT2D eigenvalue weighted by molar-refractivity contribution is 14.1. The number of phenolic OH excluding ortho intramolecular Hbond substituents is 2. The van der Waals surface area contributed by atoms with Gasteiger partial charge in [-0.3, -0.25) is 0 Å². The quantitative estimate of drug-likeness (QED) is 0.615. The minimum Gasteiger partial charge on any atom is -0.507 e. The summed E-state index contributed by atoms with van der Waals surface area (Å²) in [7, 11) is 2.23. The van der Waals surface area contributed by atoms with Crippen molar-refractivity contribution in [2.45, 2.75) is 0 Å². The van der Waals surface area contributed by atoms with Crippen LogP contribution in [0.3, 0.4) is 0 Å². The van der Waals surface area contributed by atoms with Gasteiger partial charge in [0.25, 0.3) is 0 Å². The Bertz CT molecular complexity index is 482. The smallest absolute Gasteiger partial charge is 0.342 e. The number of carbonyl (C=O) groups is 2. The summed E-state index contributed by atoms with van der Waals surface area (Å²) in [5.41, 5.74) is -0.587. The molecule has 0 aromatic heterocycles. The molecule has 17 heavy (non-hydrogen) atoms. The number of aromatic hydroxyl groups is 2. The van der Waals surface area contributed by atoms with Crippen molar-refractivity contribution in [2.75, 3.05) is 14.2 Å². The second-order valence-corrected chi connectivity index (χ2v) is 4.04. The number of carbonyl (C=O) groups excluding carboxylic acids is 2. The van der Waals surface area contributed by atoms with Crippen molar-refractivity contribution in [3.8, 4) is 11.5 Å².